The Bertz CT molecular complexity index is 1260. The number of nitrogens with two attached hydrogens (primary N) is 1. The minimum Gasteiger partial charge on any atom is -0.373 e. The van der Waals surface area contributed by atoms with E-state index in [4.69, 9.17) is 5.73 Å². The highest BCUT2D eigenvalue weighted by Crippen LogP contribution is 2.27. The molecule has 2 heterocycles. The van der Waals surface area contributed by atoms with Gasteiger partial charge in [0, 0.05) is 37.1 Å². The fourth-order valence-electron chi connectivity index (χ4n) is 3.69. The number of rotatable bonds is 8. The quantitative estimate of drug-likeness (QED) is 0.331. The number of anilines is 1. The van der Waals surface area contributed by atoms with Crippen molar-refractivity contribution in [2.75, 3.05) is 5.32 Å². The maximum Gasteiger partial charge on any atom is 0.319 e. The number of carbonyl (C=O) groups is 2. The van der Waals surface area contributed by atoms with Gasteiger partial charge in [-0.25, -0.2) is 9.78 Å². The minimum absolute atomic E-state index is 0.122. The van der Waals surface area contributed by atoms with Crippen LogP contribution in [0.4, 0.5) is 10.5 Å². The summed E-state index contributed by atoms with van der Waals surface area (Å²) in [7, 11) is 0. The van der Waals surface area contributed by atoms with Gasteiger partial charge in [-0.2, -0.15) is 0 Å². The van der Waals surface area contributed by atoms with Gasteiger partial charge in [0.25, 0.3) is 5.91 Å². The first-order chi connectivity index (χ1) is 15.9. The van der Waals surface area contributed by atoms with Crippen molar-refractivity contribution in [1.82, 2.24) is 19.4 Å². The van der Waals surface area contributed by atoms with Crippen molar-refractivity contribution < 1.29 is 14.7 Å². The molecule has 2 aromatic heterocycles. The zero-order valence-electron chi connectivity index (χ0n) is 18.2. The highest BCUT2D eigenvalue weighted by Gasteiger charge is 2.17. The maximum absolute atomic E-state index is 12.3. The molecule has 1 unspecified atom stereocenters. The monoisotopic (exact) mass is 446 g/mol. The van der Waals surface area contributed by atoms with Crippen LogP contribution in [-0.4, -0.2) is 31.2 Å². The number of primary amides is 1. The first-order valence-corrected chi connectivity index (χ1v) is 10.6. The van der Waals surface area contributed by atoms with E-state index in [0.717, 1.165) is 16.5 Å². The minimum atomic E-state index is -0.820. The number of aliphatic hydroxyl groups is 1. The fourth-order valence-corrected chi connectivity index (χ4v) is 3.69. The molecule has 2 atom stereocenters. The SMILES string of the molecule is CC(C[C@@H](O)n1ccc2ccc(NC(=O)NCc3ccccc3)cc21)n1cnc(C(N)=O)c1. The number of hydrogen-bond donors (Lipinski definition) is 4. The molecular weight excluding hydrogens is 420 g/mol. The van der Waals surface area contributed by atoms with E-state index in [-0.39, 0.29) is 17.8 Å². The summed E-state index contributed by atoms with van der Waals surface area (Å²) in [5, 5.41) is 17.5. The molecule has 33 heavy (non-hydrogen) atoms. The van der Waals surface area contributed by atoms with Gasteiger partial charge < -0.3 is 30.6 Å². The van der Waals surface area contributed by atoms with Gasteiger partial charge in [0.05, 0.1) is 11.8 Å². The van der Waals surface area contributed by atoms with Gasteiger partial charge in [0.2, 0.25) is 0 Å². The van der Waals surface area contributed by atoms with Gasteiger partial charge in [0.1, 0.15) is 11.9 Å². The Morgan fingerprint density at radius 1 is 1.15 bits per heavy atom. The number of aliphatic hydroxyl groups excluding tert-OH is 1. The molecule has 0 aliphatic rings. The predicted octanol–water partition coefficient (Wildman–Crippen LogP) is 3.40. The van der Waals surface area contributed by atoms with Crippen molar-refractivity contribution in [1.29, 1.82) is 0 Å². The molecule has 0 radical (unpaired) electrons. The van der Waals surface area contributed by atoms with Crippen LogP contribution in [0.1, 0.15) is 41.7 Å². The van der Waals surface area contributed by atoms with Crippen LogP contribution in [0.15, 0.2) is 73.3 Å². The number of aromatic nitrogens is 3. The number of benzene rings is 2. The molecule has 4 rings (SSSR count). The lowest BCUT2D eigenvalue weighted by Gasteiger charge is -2.20. The molecule has 5 N–H and O–H groups in total. The number of fused-ring (bicyclic) bond motifs is 1. The molecule has 3 amide bonds. The highest BCUT2D eigenvalue weighted by molar-refractivity contribution is 5.93. The van der Waals surface area contributed by atoms with Crippen LogP contribution in [0.3, 0.4) is 0 Å². The second-order valence-electron chi connectivity index (χ2n) is 7.93. The molecule has 170 valence electrons. The number of nitrogens with one attached hydrogen (secondary N) is 2. The molecule has 0 bridgehead atoms. The molecule has 2 aromatic carbocycles. The van der Waals surface area contributed by atoms with Gasteiger partial charge in [-0.3, -0.25) is 4.79 Å². The van der Waals surface area contributed by atoms with Crippen molar-refractivity contribution >= 4 is 28.5 Å². The molecule has 0 saturated heterocycles. The van der Waals surface area contributed by atoms with Crippen molar-refractivity contribution in [2.24, 2.45) is 5.73 Å². The Hall–Kier alpha value is -4.11. The van der Waals surface area contributed by atoms with Crippen LogP contribution in [0, 0.1) is 0 Å². The summed E-state index contributed by atoms with van der Waals surface area (Å²) >= 11 is 0. The summed E-state index contributed by atoms with van der Waals surface area (Å²) in [6, 6.07) is 16.7. The average molecular weight is 447 g/mol. The van der Waals surface area contributed by atoms with E-state index < -0.39 is 12.1 Å². The largest absolute Gasteiger partial charge is 0.373 e. The van der Waals surface area contributed by atoms with E-state index in [9.17, 15) is 14.7 Å². The second-order valence-corrected chi connectivity index (χ2v) is 7.93. The fraction of sp³-hybridized carbons (Fsp3) is 0.208. The summed E-state index contributed by atoms with van der Waals surface area (Å²) in [6.07, 6.45) is 4.47. The van der Waals surface area contributed by atoms with Gasteiger partial charge in [0.15, 0.2) is 0 Å². The molecule has 0 fully saturated rings. The smallest absolute Gasteiger partial charge is 0.319 e. The van der Waals surface area contributed by atoms with Crippen LogP contribution >= 0.6 is 0 Å². The molecule has 0 spiro atoms. The Morgan fingerprint density at radius 3 is 2.67 bits per heavy atom. The van der Waals surface area contributed by atoms with Gasteiger partial charge in [-0.1, -0.05) is 36.4 Å². The lowest BCUT2D eigenvalue weighted by molar-refractivity contribution is 0.0842. The van der Waals surface area contributed by atoms with Crippen LogP contribution in [-0.2, 0) is 6.54 Å². The van der Waals surface area contributed by atoms with E-state index in [1.807, 2.05) is 67.7 Å². The summed E-state index contributed by atoms with van der Waals surface area (Å²) in [4.78, 5) is 27.6. The molecule has 9 heteroatoms. The molecule has 0 aliphatic heterocycles. The number of amides is 3. The van der Waals surface area contributed by atoms with E-state index in [0.29, 0.717) is 18.7 Å². The number of nitrogens with zero attached hydrogens (tertiary/aromatic N) is 3. The van der Waals surface area contributed by atoms with Gasteiger partial charge >= 0.3 is 6.03 Å². The Labute approximate surface area is 190 Å². The first-order valence-electron chi connectivity index (χ1n) is 10.6. The molecule has 9 nitrogen and oxygen atoms in total. The van der Waals surface area contributed by atoms with Crippen molar-refractivity contribution in [3.05, 3.63) is 84.6 Å². The van der Waals surface area contributed by atoms with Crippen molar-refractivity contribution in [3.63, 3.8) is 0 Å². The standard InChI is InChI=1S/C24H26N6O3/c1-16(29-14-20(23(25)32)27-15-29)11-22(31)30-10-9-18-7-8-19(12-21(18)30)28-24(33)26-13-17-5-3-2-4-6-17/h2-10,12,14-16,22,31H,11,13H2,1H3,(H2,25,32)(H2,26,28,33)/t16?,22-/m1/s1. The van der Waals surface area contributed by atoms with E-state index >= 15 is 0 Å². The van der Waals surface area contributed by atoms with Crippen molar-refractivity contribution in [2.45, 2.75) is 32.2 Å². The topological polar surface area (TPSA) is 127 Å². The number of urea groups is 1. The van der Waals surface area contributed by atoms with Crippen LogP contribution in [0.2, 0.25) is 0 Å². The summed E-state index contributed by atoms with van der Waals surface area (Å²) in [5.74, 6) is -0.592. The Balaban J connectivity index is 1.43. The van der Waals surface area contributed by atoms with Crippen LogP contribution in [0.25, 0.3) is 10.9 Å². The van der Waals surface area contributed by atoms with Gasteiger partial charge in [-0.15, -0.1) is 0 Å². The summed E-state index contributed by atoms with van der Waals surface area (Å²) in [5.41, 5.74) is 7.87. The average Bonchev–Trinajstić information content (AvgIpc) is 3.46. The lowest BCUT2D eigenvalue weighted by Crippen LogP contribution is -2.28. The summed E-state index contributed by atoms with van der Waals surface area (Å²) in [6.45, 7) is 2.35. The Morgan fingerprint density at radius 2 is 1.94 bits per heavy atom. The normalized spacial score (nSPS) is 12.9. The zero-order chi connectivity index (χ0) is 23.4. The third kappa shape index (κ3) is 5.21. The zero-order valence-corrected chi connectivity index (χ0v) is 18.2. The Kier molecular flexibility index (Phi) is 6.41. The number of hydrogen-bond acceptors (Lipinski definition) is 4. The third-order valence-electron chi connectivity index (χ3n) is 5.51. The van der Waals surface area contributed by atoms with Crippen molar-refractivity contribution in [3.8, 4) is 0 Å². The molecule has 0 saturated carbocycles. The second kappa shape index (κ2) is 9.58. The highest BCUT2D eigenvalue weighted by atomic mass is 16.3. The molecule has 0 aliphatic carbocycles. The van der Waals surface area contributed by atoms with Crippen LogP contribution < -0.4 is 16.4 Å². The number of imidazole rings is 1. The molecular formula is C24H26N6O3. The van der Waals surface area contributed by atoms with E-state index in [1.165, 1.54) is 6.33 Å². The first kappa shape index (κ1) is 22.1. The van der Waals surface area contributed by atoms with E-state index in [2.05, 4.69) is 15.6 Å². The lowest BCUT2D eigenvalue weighted by atomic mass is 10.2. The van der Waals surface area contributed by atoms with Crippen LogP contribution in [0.5, 0.6) is 0 Å². The summed E-state index contributed by atoms with van der Waals surface area (Å²) < 4.78 is 3.50. The molecule has 4 aromatic rings. The van der Waals surface area contributed by atoms with Gasteiger partial charge in [-0.05, 0) is 36.1 Å². The predicted molar refractivity (Wildman–Crippen MR) is 126 cm³/mol. The van der Waals surface area contributed by atoms with E-state index in [1.54, 1.807) is 15.3 Å². The maximum atomic E-state index is 12.3. The third-order valence-corrected chi connectivity index (χ3v) is 5.51. The number of carbonyl (C=O) groups excluding carboxylic acids is 2.